The van der Waals surface area contributed by atoms with Crippen LogP contribution in [0.1, 0.15) is 46.0 Å². The Kier molecular flexibility index (Phi) is 4.13. The predicted molar refractivity (Wildman–Crippen MR) is 54.9 cm³/mol. The van der Waals surface area contributed by atoms with E-state index < -0.39 is 0 Å². The van der Waals surface area contributed by atoms with E-state index in [0.29, 0.717) is 0 Å². The molecule has 1 rings (SSSR count). The summed E-state index contributed by atoms with van der Waals surface area (Å²) in [7, 11) is 0. The van der Waals surface area contributed by atoms with Crippen molar-refractivity contribution in [2.75, 3.05) is 0 Å². The van der Waals surface area contributed by atoms with Crippen molar-refractivity contribution >= 4 is 0 Å². The lowest BCUT2D eigenvalue weighted by Crippen LogP contribution is -1.78. The summed E-state index contributed by atoms with van der Waals surface area (Å²) in [5.74, 6) is 0. The monoisotopic (exact) mass is 163 g/mol. The second-order valence-electron chi connectivity index (χ2n) is 3.61. The van der Waals surface area contributed by atoms with Crippen molar-refractivity contribution in [1.82, 2.24) is 0 Å². The summed E-state index contributed by atoms with van der Waals surface area (Å²) in [6.07, 6.45) is 13.5. The number of hydrogen-bond donors (Lipinski definition) is 0. The molecule has 0 aromatic rings. The highest BCUT2D eigenvalue weighted by atomic mass is 14.1. The van der Waals surface area contributed by atoms with E-state index >= 15 is 0 Å². The van der Waals surface area contributed by atoms with E-state index in [9.17, 15) is 0 Å². The molecule has 0 aromatic carbocycles. The summed E-state index contributed by atoms with van der Waals surface area (Å²) in [5, 5.41) is 0. The fraction of sp³-hybridized carbons (Fsp3) is 0.583. The highest BCUT2D eigenvalue weighted by Gasteiger charge is 2.01. The lowest BCUT2D eigenvalue weighted by Gasteiger charge is -1.98. The summed E-state index contributed by atoms with van der Waals surface area (Å²) in [6, 6.07) is 0. The van der Waals surface area contributed by atoms with Crippen molar-refractivity contribution in [3.05, 3.63) is 29.7 Å². The maximum atomic E-state index is 2.30. The van der Waals surface area contributed by atoms with Crippen LogP contribution in [-0.2, 0) is 0 Å². The number of rotatable bonds is 5. The molecule has 0 heterocycles. The summed E-state index contributed by atoms with van der Waals surface area (Å²) >= 11 is 0. The molecular formula is C12H19. The van der Waals surface area contributed by atoms with Crippen molar-refractivity contribution in [3.63, 3.8) is 0 Å². The molecule has 12 heavy (non-hydrogen) atoms. The molecule has 0 aromatic heterocycles. The zero-order chi connectivity index (χ0) is 8.81. The van der Waals surface area contributed by atoms with Gasteiger partial charge in [0.25, 0.3) is 0 Å². The minimum atomic E-state index is 1.27. The van der Waals surface area contributed by atoms with E-state index in [2.05, 4.69) is 32.4 Å². The van der Waals surface area contributed by atoms with Crippen LogP contribution in [0.5, 0.6) is 0 Å². The summed E-state index contributed by atoms with van der Waals surface area (Å²) in [6.45, 7) is 4.42. The van der Waals surface area contributed by atoms with Crippen LogP contribution in [0.4, 0.5) is 0 Å². The van der Waals surface area contributed by atoms with Gasteiger partial charge in [-0.15, -0.1) is 0 Å². The first kappa shape index (κ1) is 9.57. The smallest absolute Gasteiger partial charge is 0.00835 e. The Morgan fingerprint density at radius 2 is 2.00 bits per heavy atom. The highest BCUT2D eigenvalue weighted by Crippen LogP contribution is 2.20. The average molecular weight is 163 g/mol. The molecule has 1 aliphatic carbocycles. The molecule has 0 N–H and O–H groups in total. The maximum Gasteiger partial charge on any atom is 0.00835 e. The normalized spacial score (nSPS) is 16.2. The Bertz CT molecular complexity index is 184. The molecule has 0 saturated heterocycles. The summed E-state index contributed by atoms with van der Waals surface area (Å²) in [5.41, 5.74) is 2.92. The van der Waals surface area contributed by atoms with Crippen LogP contribution in [0.25, 0.3) is 0 Å². The van der Waals surface area contributed by atoms with E-state index in [1.165, 1.54) is 43.3 Å². The van der Waals surface area contributed by atoms with Crippen LogP contribution in [0.3, 0.4) is 0 Å². The molecule has 0 unspecified atom stereocenters. The van der Waals surface area contributed by atoms with Crippen LogP contribution in [0.2, 0.25) is 0 Å². The second kappa shape index (κ2) is 5.18. The van der Waals surface area contributed by atoms with Crippen molar-refractivity contribution < 1.29 is 0 Å². The number of hydrogen-bond acceptors (Lipinski definition) is 0. The summed E-state index contributed by atoms with van der Waals surface area (Å²) in [4.78, 5) is 0. The first-order valence-electron chi connectivity index (χ1n) is 5.05. The van der Waals surface area contributed by atoms with Gasteiger partial charge in [0.1, 0.15) is 0 Å². The minimum Gasteiger partial charge on any atom is -0.0732 e. The molecule has 0 bridgehead atoms. The SMILES string of the molecule is CCCCCCC1=C[CH]C(C)=C1. The van der Waals surface area contributed by atoms with Gasteiger partial charge in [-0.05, 0) is 19.8 Å². The van der Waals surface area contributed by atoms with E-state index in [1.807, 2.05) is 0 Å². The molecule has 0 heteroatoms. The lowest BCUT2D eigenvalue weighted by molar-refractivity contribution is 0.668. The highest BCUT2D eigenvalue weighted by molar-refractivity contribution is 5.39. The van der Waals surface area contributed by atoms with E-state index in [-0.39, 0.29) is 0 Å². The molecule has 0 fully saturated rings. The Hall–Kier alpha value is -0.520. The Balaban J connectivity index is 2.08. The molecular weight excluding hydrogens is 144 g/mol. The van der Waals surface area contributed by atoms with Crippen LogP contribution in [0, 0.1) is 6.42 Å². The van der Waals surface area contributed by atoms with Crippen LogP contribution < -0.4 is 0 Å². The zero-order valence-electron chi connectivity index (χ0n) is 8.27. The Labute approximate surface area is 76.4 Å². The van der Waals surface area contributed by atoms with Crippen molar-refractivity contribution in [3.8, 4) is 0 Å². The molecule has 67 valence electrons. The molecule has 0 aliphatic heterocycles. The first-order chi connectivity index (χ1) is 5.83. The first-order valence-corrected chi connectivity index (χ1v) is 5.05. The van der Waals surface area contributed by atoms with Gasteiger partial charge in [-0.2, -0.15) is 0 Å². The van der Waals surface area contributed by atoms with Gasteiger partial charge in [-0.3, -0.25) is 0 Å². The molecule has 0 atom stereocenters. The van der Waals surface area contributed by atoms with Crippen LogP contribution in [-0.4, -0.2) is 0 Å². The van der Waals surface area contributed by atoms with Gasteiger partial charge in [0.15, 0.2) is 0 Å². The largest absolute Gasteiger partial charge is 0.0732 e. The van der Waals surface area contributed by atoms with E-state index in [0.717, 1.165) is 0 Å². The molecule has 1 aliphatic rings. The second-order valence-corrected chi connectivity index (χ2v) is 3.61. The minimum absolute atomic E-state index is 1.27. The van der Waals surface area contributed by atoms with Gasteiger partial charge >= 0.3 is 0 Å². The van der Waals surface area contributed by atoms with Gasteiger partial charge in [0.05, 0.1) is 0 Å². The Morgan fingerprint density at radius 3 is 2.58 bits per heavy atom. The average Bonchev–Trinajstić information content (AvgIpc) is 2.45. The number of allylic oxidation sites excluding steroid dienone is 4. The van der Waals surface area contributed by atoms with Crippen molar-refractivity contribution in [2.24, 2.45) is 0 Å². The van der Waals surface area contributed by atoms with Gasteiger partial charge in [0.2, 0.25) is 0 Å². The molecule has 0 saturated carbocycles. The van der Waals surface area contributed by atoms with E-state index in [1.54, 1.807) is 0 Å². The van der Waals surface area contributed by atoms with Gasteiger partial charge in [-0.25, -0.2) is 0 Å². The maximum absolute atomic E-state index is 2.30. The van der Waals surface area contributed by atoms with Crippen LogP contribution in [0.15, 0.2) is 23.3 Å². The Morgan fingerprint density at radius 1 is 1.17 bits per heavy atom. The molecule has 0 nitrogen and oxygen atoms in total. The third-order valence-electron chi connectivity index (χ3n) is 2.29. The summed E-state index contributed by atoms with van der Waals surface area (Å²) < 4.78 is 0. The van der Waals surface area contributed by atoms with Crippen molar-refractivity contribution in [1.29, 1.82) is 0 Å². The van der Waals surface area contributed by atoms with Crippen molar-refractivity contribution in [2.45, 2.75) is 46.0 Å². The third-order valence-corrected chi connectivity index (χ3v) is 2.29. The fourth-order valence-corrected chi connectivity index (χ4v) is 1.54. The van der Waals surface area contributed by atoms with Gasteiger partial charge in [0, 0.05) is 6.42 Å². The van der Waals surface area contributed by atoms with Crippen LogP contribution >= 0.6 is 0 Å². The zero-order valence-corrected chi connectivity index (χ0v) is 8.27. The molecule has 1 radical (unpaired) electrons. The predicted octanol–water partition coefficient (Wildman–Crippen LogP) is 4.05. The van der Waals surface area contributed by atoms with Gasteiger partial charge in [-0.1, -0.05) is 49.5 Å². The number of unbranched alkanes of at least 4 members (excludes halogenated alkanes) is 3. The topological polar surface area (TPSA) is 0 Å². The standard InChI is InChI=1S/C12H19/c1-3-4-5-6-7-12-9-8-11(2)10-12/h8-10H,3-7H2,1-2H3. The quantitative estimate of drug-likeness (QED) is 0.536. The van der Waals surface area contributed by atoms with Gasteiger partial charge < -0.3 is 0 Å². The van der Waals surface area contributed by atoms with E-state index in [4.69, 9.17) is 0 Å². The third kappa shape index (κ3) is 3.25. The fourth-order valence-electron chi connectivity index (χ4n) is 1.54. The lowest BCUT2D eigenvalue weighted by atomic mass is 10.1. The molecule has 0 amide bonds. The molecule has 0 spiro atoms.